The molecule has 0 bridgehead atoms. The first-order valence-electron chi connectivity index (χ1n) is 6.95. The number of nitro benzene ring substituents is 1. The smallest absolute Gasteiger partial charge is 0.289 e. The second kappa shape index (κ2) is 7.14. The summed E-state index contributed by atoms with van der Waals surface area (Å²) in [5, 5.41) is 11.0. The standard InChI is InChI=1S/C13H19N3O5S/c1-11-3-2-4-12(16(17)18)13(11)22(19,20)14-5-6-15-7-9-21-10-8-15/h2-4,14H,5-10H2,1H3. The molecule has 0 aromatic heterocycles. The van der Waals surface area contributed by atoms with Gasteiger partial charge in [0.25, 0.3) is 5.69 Å². The average molecular weight is 329 g/mol. The molecule has 0 spiro atoms. The molecule has 0 saturated carbocycles. The van der Waals surface area contributed by atoms with Crippen LogP contribution in [0.2, 0.25) is 0 Å². The van der Waals surface area contributed by atoms with Crippen molar-refractivity contribution in [1.29, 1.82) is 0 Å². The van der Waals surface area contributed by atoms with Crippen LogP contribution >= 0.6 is 0 Å². The molecule has 1 aliphatic rings. The van der Waals surface area contributed by atoms with E-state index in [2.05, 4.69) is 9.62 Å². The van der Waals surface area contributed by atoms with Crippen molar-refractivity contribution in [3.05, 3.63) is 33.9 Å². The van der Waals surface area contributed by atoms with Crippen molar-refractivity contribution in [2.45, 2.75) is 11.8 Å². The molecule has 2 rings (SSSR count). The number of sulfonamides is 1. The van der Waals surface area contributed by atoms with Crippen LogP contribution in [0.4, 0.5) is 5.69 Å². The normalized spacial score (nSPS) is 16.6. The third kappa shape index (κ3) is 4.01. The predicted molar refractivity (Wildman–Crippen MR) is 80.3 cm³/mol. The Balaban J connectivity index is 2.08. The van der Waals surface area contributed by atoms with Crippen molar-refractivity contribution in [2.75, 3.05) is 39.4 Å². The van der Waals surface area contributed by atoms with Crippen LogP contribution in [0.1, 0.15) is 5.56 Å². The lowest BCUT2D eigenvalue weighted by Crippen LogP contribution is -2.41. The number of aryl methyl sites for hydroxylation is 1. The fourth-order valence-corrected chi connectivity index (χ4v) is 3.78. The number of nitrogens with one attached hydrogen (secondary N) is 1. The Hall–Kier alpha value is -1.55. The van der Waals surface area contributed by atoms with E-state index in [1.807, 2.05) is 0 Å². The highest BCUT2D eigenvalue weighted by molar-refractivity contribution is 7.89. The van der Waals surface area contributed by atoms with Crippen molar-refractivity contribution >= 4 is 15.7 Å². The van der Waals surface area contributed by atoms with Gasteiger partial charge in [-0.3, -0.25) is 15.0 Å². The van der Waals surface area contributed by atoms with Crippen molar-refractivity contribution in [3.63, 3.8) is 0 Å². The fourth-order valence-electron chi connectivity index (χ4n) is 2.37. The minimum Gasteiger partial charge on any atom is -0.379 e. The van der Waals surface area contributed by atoms with E-state index in [4.69, 9.17) is 4.74 Å². The molecule has 0 atom stereocenters. The lowest BCUT2D eigenvalue weighted by Gasteiger charge is -2.26. The maximum absolute atomic E-state index is 12.4. The summed E-state index contributed by atoms with van der Waals surface area (Å²) in [7, 11) is -3.92. The Labute approximate surface area is 129 Å². The lowest BCUT2D eigenvalue weighted by atomic mass is 10.2. The maximum atomic E-state index is 12.4. The first-order valence-corrected chi connectivity index (χ1v) is 8.44. The van der Waals surface area contributed by atoms with Crippen LogP contribution in [0.3, 0.4) is 0 Å². The summed E-state index contributed by atoms with van der Waals surface area (Å²) in [6, 6.07) is 4.22. The van der Waals surface area contributed by atoms with Crippen LogP contribution in [-0.2, 0) is 14.8 Å². The van der Waals surface area contributed by atoms with Crippen molar-refractivity contribution in [2.24, 2.45) is 0 Å². The van der Waals surface area contributed by atoms with Crippen LogP contribution in [-0.4, -0.2) is 57.6 Å². The highest BCUT2D eigenvalue weighted by Crippen LogP contribution is 2.26. The molecule has 22 heavy (non-hydrogen) atoms. The molecule has 9 heteroatoms. The van der Waals surface area contributed by atoms with E-state index in [1.165, 1.54) is 12.1 Å². The Bertz CT molecular complexity index is 641. The third-order valence-electron chi connectivity index (χ3n) is 3.48. The molecule has 8 nitrogen and oxygen atoms in total. The van der Waals surface area contributed by atoms with Gasteiger partial charge in [-0.1, -0.05) is 12.1 Å². The molecule has 0 amide bonds. The third-order valence-corrected chi connectivity index (χ3v) is 5.13. The highest BCUT2D eigenvalue weighted by Gasteiger charge is 2.27. The van der Waals surface area contributed by atoms with Crippen molar-refractivity contribution in [3.8, 4) is 0 Å². The number of nitro groups is 1. The lowest BCUT2D eigenvalue weighted by molar-refractivity contribution is -0.387. The van der Waals surface area contributed by atoms with E-state index in [-0.39, 0.29) is 11.4 Å². The topological polar surface area (TPSA) is 102 Å². The molecule has 1 aromatic rings. The predicted octanol–water partition coefficient (Wildman–Crippen LogP) is 0.514. The van der Waals surface area contributed by atoms with Gasteiger partial charge in [0, 0.05) is 32.2 Å². The molecule has 0 aliphatic carbocycles. The number of nitrogens with zero attached hydrogens (tertiary/aromatic N) is 2. The van der Waals surface area contributed by atoms with Gasteiger partial charge in [0.2, 0.25) is 10.0 Å². The van der Waals surface area contributed by atoms with Gasteiger partial charge in [-0.15, -0.1) is 0 Å². The second-order valence-electron chi connectivity index (χ2n) is 5.03. The molecule has 1 fully saturated rings. The van der Waals surface area contributed by atoms with E-state index in [0.717, 1.165) is 13.1 Å². The fraction of sp³-hybridized carbons (Fsp3) is 0.538. The molecule has 1 aromatic carbocycles. The monoisotopic (exact) mass is 329 g/mol. The molecule has 1 heterocycles. The minimum absolute atomic E-state index is 0.202. The van der Waals surface area contributed by atoms with Gasteiger partial charge in [-0.2, -0.15) is 0 Å². The van der Waals surface area contributed by atoms with Gasteiger partial charge in [0.05, 0.1) is 18.1 Å². The van der Waals surface area contributed by atoms with Crippen molar-refractivity contribution < 1.29 is 18.1 Å². The van der Waals surface area contributed by atoms with Gasteiger partial charge in [0.1, 0.15) is 0 Å². The van der Waals surface area contributed by atoms with Crippen LogP contribution in [0, 0.1) is 17.0 Å². The molecule has 122 valence electrons. The largest absolute Gasteiger partial charge is 0.379 e. The van der Waals surface area contributed by atoms with Crippen LogP contribution in [0.15, 0.2) is 23.1 Å². The van der Waals surface area contributed by atoms with E-state index in [9.17, 15) is 18.5 Å². The van der Waals surface area contributed by atoms with E-state index < -0.39 is 20.6 Å². The van der Waals surface area contributed by atoms with E-state index in [0.29, 0.717) is 25.3 Å². The zero-order valence-electron chi connectivity index (χ0n) is 12.3. The summed E-state index contributed by atoms with van der Waals surface area (Å²) in [5.41, 5.74) is -0.0491. The first kappa shape index (κ1) is 16.8. The van der Waals surface area contributed by atoms with E-state index in [1.54, 1.807) is 13.0 Å². The number of benzene rings is 1. The highest BCUT2D eigenvalue weighted by atomic mass is 32.2. The summed E-state index contributed by atoms with van der Waals surface area (Å²) in [4.78, 5) is 12.2. The maximum Gasteiger partial charge on any atom is 0.289 e. The SMILES string of the molecule is Cc1cccc([N+](=O)[O-])c1S(=O)(=O)NCCN1CCOCC1. The van der Waals surface area contributed by atoms with Gasteiger partial charge in [-0.05, 0) is 12.5 Å². The number of morpholine rings is 1. The quantitative estimate of drug-likeness (QED) is 0.603. The zero-order valence-corrected chi connectivity index (χ0v) is 13.1. The Kier molecular flexibility index (Phi) is 5.46. The molecule has 0 unspecified atom stereocenters. The van der Waals surface area contributed by atoms with Crippen molar-refractivity contribution in [1.82, 2.24) is 9.62 Å². The van der Waals surface area contributed by atoms with Crippen LogP contribution in [0.25, 0.3) is 0 Å². The Morgan fingerprint density at radius 3 is 2.68 bits per heavy atom. The summed E-state index contributed by atoms with van der Waals surface area (Å²) in [5.74, 6) is 0. The van der Waals surface area contributed by atoms with Crippen LogP contribution < -0.4 is 4.72 Å². The van der Waals surface area contributed by atoms with Gasteiger partial charge < -0.3 is 4.74 Å². The molecule has 0 radical (unpaired) electrons. The molecule has 1 N–H and O–H groups in total. The summed E-state index contributed by atoms with van der Waals surface area (Å²) in [6.07, 6.45) is 0. The Morgan fingerprint density at radius 2 is 2.05 bits per heavy atom. The molecular formula is C13H19N3O5S. The Morgan fingerprint density at radius 1 is 1.36 bits per heavy atom. The van der Waals surface area contributed by atoms with Gasteiger partial charge >= 0.3 is 0 Å². The summed E-state index contributed by atoms with van der Waals surface area (Å²) in [6.45, 7) is 5.07. The van der Waals surface area contributed by atoms with Crippen LogP contribution in [0.5, 0.6) is 0 Å². The second-order valence-corrected chi connectivity index (χ2v) is 6.74. The summed E-state index contributed by atoms with van der Waals surface area (Å²) >= 11 is 0. The first-order chi connectivity index (χ1) is 10.4. The minimum atomic E-state index is -3.92. The van der Waals surface area contributed by atoms with Gasteiger partial charge in [0.15, 0.2) is 4.90 Å². The zero-order chi connectivity index (χ0) is 16.2. The number of hydrogen-bond donors (Lipinski definition) is 1. The number of hydrogen-bond acceptors (Lipinski definition) is 6. The summed E-state index contributed by atoms with van der Waals surface area (Å²) < 4.78 is 32.4. The van der Waals surface area contributed by atoms with Gasteiger partial charge in [-0.25, -0.2) is 13.1 Å². The molecule has 1 aliphatic heterocycles. The number of ether oxygens (including phenoxy) is 1. The van der Waals surface area contributed by atoms with E-state index >= 15 is 0 Å². The molecular weight excluding hydrogens is 310 g/mol. The average Bonchev–Trinajstić information content (AvgIpc) is 2.47. The molecule has 1 saturated heterocycles. The number of rotatable bonds is 6.